The van der Waals surface area contributed by atoms with E-state index >= 15 is 0 Å². The van der Waals surface area contributed by atoms with Crippen molar-refractivity contribution in [1.82, 2.24) is 5.32 Å². The van der Waals surface area contributed by atoms with Crippen molar-refractivity contribution >= 4 is 34.4 Å². The van der Waals surface area contributed by atoms with Crippen molar-refractivity contribution in [1.29, 1.82) is 0 Å². The first-order valence-corrected chi connectivity index (χ1v) is 8.10. The molecular weight excluding hydrogens is 326 g/mol. The molecule has 1 N–H and O–H groups in total. The molecule has 24 heavy (non-hydrogen) atoms. The van der Waals surface area contributed by atoms with Gasteiger partial charge in [-0.2, -0.15) is 0 Å². The molecule has 2 heterocycles. The number of fused-ring (bicyclic) bond motifs is 1. The molecule has 1 saturated heterocycles. The third-order valence-corrected chi connectivity index (χ3v) is 4.61. The second kappa shape index (κ2) is 5.80. The molecule has 1 atom stereocenters. The largest absolute Gasteiger partial charge is 0.464 e. The summed E-state index contributed by atoms with van der Waals surface area (Å²) in [6.45, 7) is 0. The smallest absolute Gasteiger partial charge is 0.234 e. The molecule has 2 aromatic carbocycles. The summed E-state index contributed by atoms with van der Waals surface area (Å²) in [5.74, 6) is -0.843. The van der Waals surface area contributed by atoms with Gasteiger partial charge in [0.05, 0.1) is 12.2 Å². The summed E-state index contributed by atoms with van der Waals surface area (Å²) in [5, 5.41) is 3.96. The first kappa shape index (κ1) is 15.0. The molecule has 0 radical (unpaired) electrons. The topological polar surface area (TPSA) is 59.3 Å². The van der Waals surface area contributed by atoms with Crippen molar-refractivity contribution in [2.75, 3.05) is 0 Å². The maximum atomic E-state index is 12.2. The van der Waals surface area contributed by atoms with Crippen LogP contribution in [0.3, 0.4) is 0 Å². The number of hydrogen-bond donors (Lipinski definition) is 1. The summed E-state index contributed by atoms with van der Waals surface area (Å²) >= 11 is 6.07. The lowest BCUT2D eigenvalue weighted by Crippen LogP contribution is -2.39. The van der Waals surface area contributed by atoms with Crippen LogP contribution in [0.1, 0.15) is 24.3 Å². The van der Waals surface area contributed by atoms with Gasteiger partial charge in [0.2, 0.25) is 11.8 Å². The fraction of sp³-hybridized carbons (Fsp3) is 0.158. The Morgan fingerprint density at radius 3 is 2.71 bits per heavy atom. The van der Waals surface area contributed by atoms with Gasteiger partial charge in [-0.15, -0.1) is 0 Å². The van der Waals surface area contributed by atoms with Gasteiger partial charge in [-0.1, -0.05) is 29.8 Å². The average molecular weight is 340 g/mol. The standard InChI is InChI=1S/C19H14ClNO3/c20-13-3-1-2-11(8-13)12-4-6-17-15(9-12)16(10-24-17)14-5-7-18(22)21-19(14)23/h1-4,6,8-10,14H,5,7H2,(H,21,22,23). The maximum absolute atomic E-state index is 12.2. The van der Waals surface area contributed by atoms with Crippen molar-refractivity contribution in [2.24, 2.45) is 0 Å². The summed E-state index contributed by atoms with van der Waals surface area (Å²) in [6, 6.07) is 13.5. The highest BCUT2D eigenvalue weighted by Gasteiger charge is 2.30. The van der Waals surface area contributed by atoms with E-state index in [1.165, 1.54) is 0 Å². The predicted molar refractivity (Wildman–Crippen MR) is 91.8 cm³/mol. The number of hydrogen-bond acceptors (Lipinski definition) is 3. The number of imide groups is 1. The second-order valence-electron chi connectivity index (χ2n) is 5.92. The van der Waals surface area contributed by atoms with Crippen molar-refractivity contribution in [3.05, 3.63) is 59.3 Å². The minimum atomic E-state index is -0.362. The molecule has 1 aromatic heterocycles. The van der Waals surface area contributed by atoms with E-state index in [0.717, 1.165) is 27.7 Å². The van der Waals surface area contributed by atoms with Crippen LogP contribution in [0.25, 0.3) is 22.1 Å². The van der Waals surface area contributed by atoms with Crippen LogP contribution in [-0.4, -0.2) is 11.8 Å². The Balaban J connectivity index is 1.79. The summed E-state index contributed by atoms with van der Waals surface area (Å²) in [6.07, 6.45) is 2.46. The highest BCUT2D eigenvalue weighted by atomic mass is 35.5. The maximum Gasteiger partial charge on any atom is 0.234 e. The van der Waals surface area contributed by atoms with Crippen molar-refractivity contribution < 1.29 is 14.0 Å². The van der Waals surface area contributed by atoms with Gasteiger partial charge in [-0.25, -0.2) is 0 Å². The Bertz CT molecular complexity index is 960. The third kappa shape index (κ3) is 2.59. The minimum Gasteiger partial charge on any atom is -0.464 e. The second-order valence-corrected chi connectivity index (χ2v) is 6.35. The Labute approximate surface area is 143 Å². The number of piperidine rings is 1. The van der Waals surface area contributed by atoms with E-state index < -0.39 is 0 Å². The lowest BCUT2D eigenvalue weighted by molar-refractivity contribution is -0.134. The summed E-state index contributed by atoms with van der Waals surface area (Å²) in [4.78, 5) is 23.5. The molecule has 3 aromatic rings. The molecule has 4 nitrogen and oxygen atoms in total. The Hall–Kier alpha value is -2.59. The van der Waals surface area contributed by atoms with Crippen LogP contribution < -0.4 is 5.32 Å². The monoisotopic (exact) mass is 339 g/mol. The van der Waals surface area contributed by atoms with Gasteiger partial charge in [-0.05, 0) is 41.8 Å². The van der Waals surface area contributed by atoms with Crippen LogP contribution in [0.4, 0.5) is 0 Å². The number of furan rings is 1. The molecule has 0 bridgehead atoms. The summed E-state index contributed by atoms with van der Waals surface area (Å²) < 4.78 is 5.60. The fourth-order valence-electron chi connectivity index (χ4n) is 3.16. The summed E-state index contributed by atoms with van der Waals surface area (Å²) in [7, 11) is 0. The first-order chi connectivity index (χ1) is 11.6. The molecule has 1 aliphatic heterocycles. The molecule has 4 rings (SSSR count). The molecule has 0 spiro atoms. The number of rotatable bonds is 2. The fourth-order valence-corrected chi connectivity index (χ4v) is 3.35. The van der Waals surface area contributed by atoms with Crippen LogP contribution in [0, 0.1) is 0 Å². The van der Waals surface area contributed by atoms with Gasteiger partial charge in [0.15, 0.2) is 0 Å². The number of halogens is 1. The zero-order valence-corrected chi connectivity index (χ0v) is 13.5. The number of nitrogens with one attached hydrogen (secondary N) is 1. The van der Waals surface area contributed by atoms with Crippen molar-refractivity contribution in [3.8, 4) is 11.1 Å². The molecule has 1 fully saturated rings. The van der Waals surface area contributed by atoms with Gasteiger partial charge < -0.3 is 4.42 Å². The van der Waals surface area contributed by atoms with Crippen LogP contribution in [-0.2, 0) is 9.59 Å². The van der Waals surface area contributed by atoms with Crippen molar-refractivity contribution in [2.45, 2.75) is 18.8 Å². The van der Waals surface area contributed by atoms with Crippen LogP contribution in [0.5, 0.6) is 0 Å². The zero-order valence-electron chi connectivity index (χ0n) is 12.7. The van der Waals surface area contributed by atoms with Gasteiger partial charge in [0.25, 0.3) is 0 Å². The van der Waals surface area contributed by atoms with E-state index in [0.29, 0.717) is 17.9 Å². The number of carbonyl (C=O) groups is 2. The molecule has 2 amide bonds. The highest BCUT2D eigenvalue weighted by molar-refractivity contribution is 6.30. The molecule has 5 heteroatoms. The van der Waals surface area contributed by atoms with E-state index in [1.54, 1.807) is 6.26 Å². The van der Waals surface area contributed by atoms with Crippen LogP contribution in [0.15, 0.2) is 53.1 Å². The molecule has 1 aliphatic rings. The minimum absolute atomic E-state index is 0.219. The van der Waals surface area contributed by atoms with Gasteiger partial charge >= 0.3 is 0 Å². The molecule has 120 valence electrons. The van der Waals surface area contributed by atoms with E-state index in [4.69, 9.17) is 16.0 Å². The van der Waals surface area contributed by atoms with E-state index in [9.17, 15) is 9.59 Å². The van der Waals surface area contributed by atoms with E-state index in [2.05, 4.69) is 5.32 Å². The van der Waals surface area contributed by atoms with E-state index in [1.807, 2.05) is 42.5 Å². The van der Waals surface area contributed by atoms with Gasteiger partial charge in [-0.3, -0.25) is 14.9 Å². The Morgan fingerprint density at radius 1 is 1.08 bits per heavy atom. The Morgan fingerprint density at radius 2 is 1.92 bits per heavy atom. The number of carbonyl (C=O) groups excluding carboxylic acids is 2. The Kier molecular flexibility index (Phi) is 3.62. The lowest BCUT2D eigenvalue weighted by atomic mass is 9.89. The first-order valence-electron chi connectivity index (χ1n) is 7.72. The predicted octanol–water partition coefficient (Wildman–Crippen LogP) is 4.27. The van der Waals surface area contributed by atoms with Gasteiger partial charge in [0, 0.05) is 22.4 Å². The zero-order chi connectivity index (χ0) is 16.7. The normalized spacial score (nSPS) is 18.0. The molecule has 0 aliphatic carbocycles. The van der Waals surface area contributed by atoms with Crippen LogP contribution in [0.2, 0.25) is 5.02 Å². The quantitative estimate of drug-likeness (QED) is 0.709. The van der Waals surface area contributed by atoms with Gasteiger partial charge in [0.1, 0.15) is 5.58 Å². The summed E-state index contributed by atoms with van der Waals surface area (Å²) in [5.41, 5.74) is 3.54. The van der Waals surface area contributed by atoms with Crippen LogP contribution >= 0.6 is 11.6 Å². The molecular formula is C19H14ClNO3. The lowest BCUT2D eigenvalue weighted by Gasteiger charge is -2.19. The number of benzene rings is 2. The van der Waals surface area contributed by atoms with E-state index in [-0.39, 0.29) is 17.7 Å². The SMILES string of the molecule is O=C1CCC(c2coc3ccc(-c4cccc(Cl)c4)cc23)C(=O)N1. The highest BCUT2D eigenvalue weighted by Crippen LogP contribution is 2.35. The average Bonchev–Trinajstić information content (AvgIpc) is 2.98. The number of amides is 2. The molecule has 0 saturated carbocycles. The molecule has 1 unspecified atom stereocenters. The third-order valence-electron chi connectivity index (χ3n) is 4.38. The van der Waals surface area contributed by atoms with Crippen molar-refractivity contribution in [3.63, 3.8) is 0 Å².